The summed E-state index contributed by atoms with van der Waals surface area (Å²) >= 11 is 0. The van der Waals surface area contributed by atoms with Crippen LogP contribution < -0.4 is 5.73 Å². The van der Waals surface area contributed by atoms with Crippen molar-refractivity contribution in [1.82, 2.24) is 4.90 Å². The number of carbonyl (C=O) groups is 1. The lowest BCUT2D eigenvalue weighted by Gasteiger charge is -2.37. The highest BCUT2D eigenvalue weighted by Gasteiger charge is 2.40. The Hall–Kier alpha value is -1.35. The van der Waals surface area contributed by atoms with Crippen LogP contribution in [-0.4, -0.2) is 23.4 Å². The number of benzene rings is 1. The lowest BCUT2D eigenvalue weighted by atomic mass is 9.86. The maximum Gasteiger partial charge on any atom is 0.227 e. The molecule has 20 heavy (non-hydrogen) atoms. The molecule has 0 saturated heterocycles. The molecule has 0 aromatic heterocycles. The highest BCUT2D eigenvalue weighted by atomic mass is 16.2. The van der Waals surface area contributed by atoms with Gasteiger partial charge in [0.05, 0.1) is 6.04 Å². The van der Waals surface area contributed by atoms with Gasteiger partial charge in [0.15, 0.2) is 0 Å². The Morgan fingerprint density at radius 1 is 1.35 bits per heavy atom. The van der Waals surface area contributed by atoms with E-state index in [9.17, 15) is 4.79 Å². The summed E-state index contributed by atoms with van der Waals surface area (Å²) in [7, 11) is 0. The average molecular weight is 272 g/mol. The predicted molar refractivity (Wildman–Crippen MR) is 80.2 cm³/mol. The highest BCUT2D eigenvalue weighted by Crippen LogP contribution is 2.41. The first-order chi connectivity index (χ1) is 9.72. The molecule has 1 aromatic carbocycles. The average Bonchev–Trinajstić information content (AvgIpc) is 3.31. The van der Waals surface area contributed by atoms with Crippen LogP contribution in [0.1, 0.15) is 49.8 Å². The molecule has 1 fully saturated rings. The number of nitrogens with zero attached hydrogens (tertiary/aromatic N) is 1. The largest absolute Gasteiger partial charge is 0.332 e. The van der Waals surface area contributed by atoms with Crippen LogP contribution in [0.15, 0.2) is 24.3 Å². The van der Waals surface area contributed by atoms with Gasteiger partial charge in [-0.15, -0.1) is 0 Å². The molecule has 3 nitrogen and oxygen atoms in total. The quantitative estimate of drug-likeness (QED) is 0.916. The van der Waals surface area contributed by atoms with Crippen molar-refractivity contribution in [3.63, 3.8) is 0 Å². The first-order valence-corrected chi connectivity index (χ1v) is 7.82. The summed E-state index contributed by atoms with van der Waals surface area (Å²) in [6, 6.07) is 9.34. The summed E-state index contributed by atoms with van der Waals surface area (Å²) in [5.74, 6) is 0.182. The van der Waals surface area contributed by atoms with Crippen LogP contribution in [0.4, 0.5) is 0 Å². The molecule has 3 rings (SSSR count). The third-order valence-corrected chi connectivity index (χ3v) is 4.64. The maximum absolute atomic E-state index is 12.7. The van der Waals surface area contributed by atoms with E-state index in [1.165, 1.54) is 17.5 Å². The Kier molecular flexibility index (Phi) is 3.79. The standard InChI is InChI=1S/C17H24N2O/c1-12(11-18)17(20)19(14-9-10-14)16-8-4-6-13-5-2-3-7-15(13)16/h2-3,5,7,12,14,16H,4,6,8-11,18H2,1H3. The Balaban J connectivity index is 1.91. The van der Waals surface area contributed by atoms with Crippen LogP contribution in [0.2, 0.25) is 0 Å². The van der Waals surface area contributed by atoms with Crippen molar-refractivity contribution >= 4 is 5.91 Å². The molecule has 2 N–H and O–H groups in total. The van der Waals surface area contributed by atoms with Gasteiger partial charge in [-0.05, 0) is 43.2 Å². The minimum atomic E-state index is -0.0651. The fourth-order valence-electron chi connectivity index (χ4n) is 3.31. The summed E-state index contributed by atoms with van der Waals surface area (Å²) in [6.07, 6.45) is 5.72. The van der Waals surface area contributed by atoms with Gasteiger partial charge in [-0.2, -0.15) is 0 Å². The van der Waals surface area contributed by atoms with E-state index in [4.69, 9.17) is 5.73 Å². The van der Waals surface area contributed by atoms with Crippen molar-refractivity contribution in [1.29, 1.82) is 0 Å². The normalized spacial score (nSPS) is 23.0. The number of rotatable bonds is 4. The van der Waals surface area contributed by atoms with Gasteiger partial charge < -0.3 is 10.6 Å². The molecule has 2 aliphatic carbocycles. The highest BCUT2D eigenvalue weighted by molar-refractivity contribution is 5.80. The molecular weight excluding hydrogens is 248 g/mol. The molecule has 1 aromatic rings. The Labute approximate surface area is 121 Å². The first kappa shape index (κ1) is 13.6. The molecule has 0 heterocycles. The molecule has 1 saturated carbocycles. The maximum atomic E-state index is 12.7. The molecule has 2 unspecified atom stereocenters. The van der Waals surface area contributed by atoms with E-state index < -0.39 is 0 Å². The zero-order valence-corrected chi connectivity index (χ0v) is 12.2. The number of amides is 1. The zero-order valence-electron chi connectivity index (χ0n) is 12.2. The van der Waals surface area contributed by atoms with E-state index in [0.29, 0.717) is 12.6 Å². The minimum absolute atomic E-state index is 0.0651. The molecule has 1 amide bonds. The minimum Gasteiger partial charge on any atom is -0.332 e. The second-order valence-electron chi connectivity index (χ2n) is 6.22. The van der Waals surface area contributed by atoms with Gasteiger partial charge in [0, 0.05) is 18.5 Å². The van der Waals surface area contributed by atoms with Crippen molar-refractivity contribution in [3.05, 3.63) is 35.4 Å². The van der Waals surface area contributed by atoms with Crippen LogP contribution in [0.25, 0.3) is 0 Å². The Morgan fingerprint density at radius 3 is 2.80 bits per heavy atom. The molecule has 0 aliphatic heterocycles. The summed E-state index contributed by atoms with van der Waals surface area (Å²) in [5, 5.41) is 0. The van der Waals surface area contributed by atoms with Gasteiger partial charge in [0.2, 0.25) is 5.91 Å². The number of carbonyl (C=O) groups excluding carboxylic acids is 1. The van der Waals surface area contributed by atoms with Gasteiger partial charge in [0.1, 0.15) is 0 Å². The third-order valence-electron chi connectivity index (χ3n) is 4.64. The van der Waals surface area contributed by atoms with E-state index in [-0.39, 0.29) is 17.9 Å². The van der Waals surface area contributed by atoms with E-state index in [1.54, 1.807) is 0 Å². The van der Waals surface area contributed by atoms with Crippen molar-refractivity contribution in [3.8, 4) is 0 Å². The van der Waals surface area contributed by atoms with E-state index in [2.05, 4.69) is 29.2 Å². The number of hydrogen-bond acceptors (Lipinski definition) is 2. The van der Waals surface area contributed by atoms with Crippen molar-refractivity contribution in [2.45, 2.75) is 51.1 Å². The first-order valence-electron chi connectivity index (χ1n) is 7.82. The van der Waals surface area contributed by atoms with Crippen LogP contribution in [0.3, 0.4) is 0 Å². The number of fused-ring (bicyclic) bond motifs is 1. The molecule has 0 radical (unpaired) electrons. The van der Waals surface area contributed by atoms with Gasteiger partial charge in [-0.25, -0.2) is 0 Å². The Morgan fingerprint density at radius 2 is 2.10 bits per heavy atom. The van der Waals surface area contributed by atoms with E-state index >= 15 is 0 Å². The summed E-state index contributed by atoms with van der Waals surface area (Å²) in [6.45, 7) is 2.39. The van der Waals surface area contributed by atoms with Gasteiger partial charge in [0.25, 0.3) is 0 Å². The summed E-state index contributed by atoms with van der Waals surface area (Å²) in [4.78, 5) is 14.9. The van der Waals surface area contributed by atoms with E-state index in [1.807, 2.05) is 6.92 Å². The fraction of sp³-hybridized carbons (Fsp3) is 0.588. The van der Waals surface area contributed by atoms with Crippen molar-refractivity contribution < 1.29 is 4.79 Å². The molecule has 2 atom stereocenters. The second-order valence-corrected chi connectivity index (χ2v) is 6.22. The van der Waals surface area contributed by atoms with Gasteiger partial charge in [-0.3, -0.25) is 4.79 Å². The number of hydrogen-bond donors (Lipinski definition) is 1. The summed E-state index contributed by atoms with van der Waals surface area (Å²) in [5.41, 5.74) is 8.49. The monoisotopic (exact) mass is 272 g/mol. The van der Waals surface area contributed by atoms with Crippen LogP contribution in [-0.2, 0) is 11.2 Å². The topological polar surface area (TPSA) is 46.3 Å². The predicted octanol–water partition coefficient (Wildman–Crippen LogP) is 2.65. The fourth-order valence-corrected chi connectivity index (χ4v) is 3.31. The zero-order chi connectivity index (χ0) is 14.1. The number of aryl methyl sites for hydroxylation is 1. The van der Waals surface area contributed by atoms with Crippen LogP contribution >= 0.6 is 0 Å². The van der Waals surface area contributed by atoms with Crippen LogP contribution in [0, 0.1) is 5.92 Å². The smallest absolute Gasteiger partial charge is 0.227 e. The van der Waals surface area contributed by atoms with Crippen molar-refractivity contribution in [2.24, 2.45) is 11.7 Å². The SMILES string of the molecule is CC(CN)C(=O)N(C1CC1)C1CCCc2ccccc21. The second kappa shape index (κ2) is 5.57. The molecular formula is C17H24N2O. The molecule has 3 heteroatoms. The lowest BCUT2D eigenvalue weighted by Crippen LogP contribution is -2.42. The van der Waals surface area contributed by atoms with Crippen molar-refractivity contribution in [2.75, 3.05) is 6.54 Å². The molecule has 0 spiro atoms. The number of nitrogens with two attached hydrogens (primary N) is 1. The Bertz CT molecular complexity index is 496. The third kappa shape index (κ3) is 2.47. The summed E-state index contributed by atoms with van der Waals surface area (Å²) < 4.78 is 0. The van der Waals surface area contributed by atoms with Gasteiger partial charge >= 0.3 is 0 Å². The molecule has 108 valence electrons. The van der Waals surface area contributed by atoms with Gasteiger partial charge in [-0.1, -0.05) is 31.2 Å². The lowest BCUT2D eigenvalue weighted by molar-refractivity contribution is -0.138. The van der Waals surface area contributed by atoms with Crippen LogP contribution in [0.5, 0.6) is 0 Å². The molecule has 0 bridgehead atoms. The molecule has 2 aliphatic rings. The van der Waals surface area contributed by atoms with E-state index in [0.717, 1.165) is 25.7 Å².